The Morgan fingerprint density at radius 1 is 1.25 bits per heavy atom. The van der Waals surface area contributed by atoms with E-state index in [4.69, 9.17) is 9.15 Å². The summed E-state index contributed by atoms with van der Waals surface area (Å²) in [6.45, 7) is 4.45. The number of anilines is 1. The Morgan fingerprint density at radius 3 is 2.82 bits per heavy atom. The summed E-state index contributed by atoms with van der Waals surface area (Å²) < 4.78 is 42.9. The van der Waals surface area contributed by atoms with E-state index in [1.54, 1.807) is 6.07 Å². The van der Waals surface area contributed by atoms with Gasteiger partial charge in [-0.25, -0.2) is 0 Å². The number of hydrogen-bond donors (Lipinski definition) is 1. The fourth-order valence-corrected chi connectivity index (χ4v) is 4.72. The topological polar surface area (TPSA) is 46.9 Å². The Bertz CT molecular complexity index is 836. The summed E-state index contributed by atoms with van der Waals surface area (Å²) in [7, 11) is 1.22. The van der Waals surface area contributed by atoms with E-state index in [-0.39, 0.29) is 11.3 Å². The van der Waals surface area contributed by atoms with Crippen LogP contribution in [0.1, 0.15) is 39.5 Å². The number of halogens is 2. The van der Waals surface area contributed by atoms with Crippen LogP contribution in [0.2, 0.25) is 0 Å². The molecule has 1 aromatic heterocycles. The van der Waals surface area contributed by atoms with Gasteiger partial charge in [0.1, 0.15) is 6.61 Å². The van der Waals surface area contributed by atoms with Crippen molar-refractivity contribution in [1.82, 2.24) is 5.32 Å². The van der Waals surface area contributed by atoms with Gasteiger partial charge in [-0.3, -0.25) is 0 Å². The van der Waals surface area contributed by atoms with Gasteiger partial charge in [0, 0.05) is 42.4 Å². The molecule has 0 radical (unpaired) electrons. The van der Waals surface area contributed by atoms with Gasteiger partial charge in [0.2, 0.25) is 0 Å². The molecule has 154 valence electrons. The molecule has 7 heteroatoms. The third kappa shape index (κ3) is 3.70. The van der Waals surface area contributed by atoms with Crippen LogP contribution in [0.5, 0.6) is 5.75 Å². The first-order valence-electron chi connectivity index (χ1n) is 9.90. The number of hydrogen-bond acceptors (Lipinski definition) is 5. The summed E-state index contributed by atoms with van der Waals surface area (Å²) in [5, 5.41) is 4.59. The molecule has 2 heterocycles. The molecule has 1 saturated heterocycles. The second-order valence-corrected chi connectivity index (χ2v) is 8.53. The standard InChI is InChI=1S/C21H28F2N2O3/c1-20(2)12-25(17-7-5-4-6-15(17)24-20)16-8-9-18(19-14(16)10-11-27-19)28-21(22,23)13-26-3/h8-11,15,17,24H,4-7,12-13H2,1-3H3/t15-,17+/m1/s1. The van der Waals surface area contributed by atoms with Crippen LogP contribution in [0.15, 0.2) is 28.9 Å². The summed E-state index contributed by atoms with van der Waals surface area (Å²) in [4.78, 5) is 2.43. The fraction of sp³-hybridized carbons (Fsp3) is 0.619. The first-order valence-corrected chi connectivity index (χ1v) is 9.90. The predicted octanol–water partition coefficient (Wildman–Crippen LogP) is 4.55. The molecule has 4 rings (SSSR count). The van der Waals surface area contributed by atoms with Crippen molar-refractivity contribution >= 4 is 16.7 Å². The number of piperazine rings is 1. The van der Waals surface area contributed by atoms with Crippen LogP contribution >= 0.6 is 0 Å². The Hall–Kier alpha value is -1.86. The van der Waals surface area contributed by atoms with E-state index in [1.807, 2.05) is 12.1 Å². The monoisotopic (exact) mass is 394 g/mol. The zero-order chi connectivity index (χ0) is 19.9. The van der Waals surface area contributed by atoms with Gasteiger partial charge in [-0.05, 0) is 44.9 Å². The Kier molecular flexibility index (Phi) is 5.00. The van der Waals surface area contributed by atoms with Crippen LogP contribution in [-0.4, -0.2) is 44.0 Å². The van der Waals surface area contributed by atoms with Crippen molar-refractivity contribution in [2.75, 3.05) is 25.2 Å². The maximum atomic E-state index is 13.9. The van der Waals surface area contributed by atoms with Gasteiger partial charge in [-0.15, -0.1) is 0 Å². The van der Waals surface area contributed by atoms with E-state index in [0.717, 1.165) is 30.5 Å². The number of furan rings is 1. The molecule has 1 saturated carbocycles. The molecular formula is C21H28F2N2O3. The number of nitrogens with one attached hydrogen (secondary N) is 1. The van der Waals surface area contributed by atoms with Crippen LogP contribution in [0, 0.1) is 0 Å². The van der Waals surface area contributed by atoms with Crippen molar-refractivity contribution < 1.29 is 22.7 Å². The lowest BCUT2D eigenvalue weighted by Crippen LogP contribution is -2.67. The predicted molar refractivity (Wildman–Crippen MR) is 104 cm³/mol. The van der Waals surface area contributed by atoms with Crippen LogP contribution in [0.4, 0.5) is 14.5 Å². The van der Waals surface area contributed by atoms with Crippen LogP contribution in [-0.2, 0) is 4.74 Å². The maximum absolute atomic E-state index is 13.9. The van der Waals surface area contributed by atoms with E-state index >= 15 is 0 Å². The van der Waals surface area contributed by atoms with Crippen molar-refractivity contribution in [3.8, 4) is 5.75 Å². The quantitative estimate of drug-likeness (QED) is 0.806. The van der Waals surface area contributed by atoms with Gasteiger partial charge >= 0.3 is 6.11 Å². The average Bonchev–Trinajstić information content (AvgIpc) is 3.10. The second kappa shape index (κ2) is 7.19. The van der Waals surface area contributed by atoms with Crippen molar-refractivity contribution in [1.29, 1.82) is 0 Å². The van der Waals surface area contributed by atoms with Gasteiger partial charge < -0.3 is 24.1 Å². The number of fused-ring (bicyclic) bond motifs is 2. The Labute approximate surface area is 164 Å². The van der Waals surface area contributed by atoms with Crippen molar-refractivity contribution in [3.05, 3.63) is 24.5 Å². The van der Waals surface area contributed by atoms with Gasteiger partial charge in [0.15, 0.2) is 11.3 Å². The smallest absolute Gasteiger partial charge is 0.422 e. The lowest BCUT2D eigenvalue weighted by molar-refractivity contribution is -0.206. The minimum Gasteiger partial charge on any atom is -0.460 e. The minimum atomic E-state index is -3.42. The van der Waals surface area contributed by atoms with Gasteiger partial charge in [0.05, 0.1) is 6.26 Å². The van der Waals surface area contributed by atoms with Crippen molar-refractivity contribution in [3.63, 3.8) is 0 Å². The molecule has 2 aliphatic rings. The summed E-state index contributed by atoms with van der Waals surface area (Å²) in [6, 6.07) is 6.11. The lowest BCUT2D eigenvalue weighted by atomic mass is 9.83. The molecule has 1 N–H and O–H groups in total. The van der Waals surface area contributed by atoms with Gasteiger partial charge in [-0.2, -0.15) is 8.78 Å². The highest BCUT2D eigenvalue weighted by Crippen LogP contribution is 2.41. The summed E-state index contributed by atoms with van der Waals surface area (Å²) >= 11 is 0. The van der Waals surface area contributed by atoms with Gasteiger partial charge in [-0.1, -0.05) is 12.8 Å². The van der Waals surface area contributed by atoms with Crippen molar-refractivity contribution in [2.45, 2.75) is 63.3 Å². The molecule has 5 nitrogen and oxygen atoms in total. The molecule has 1 aliphatic carbocycles. The van der Waals surface area contributed by atoms with E-state index in [9.17, 15) is 8.78 Å². The molecule has 0 amide bonds. The maximum Gasteiger partial charge on any atom is 0.422 e. The number of benzene rings is 1. The lowest BCUT2D eigenvalue weighted by Gasteiger charge is -2.52. The zero-order valence-corrected chi connectivity index (χ0v) is 16.6. The first-order chi connectivity index (χ1) is 13.3. The molecule has 2 fully saturated rings. The number of alkyl halides is 2. The number of methoxy groups -OCH3 is 1. The molecule has 2 atom stereocenters. The van der Waals surface area contributed by atoms with Crippen molar-refractivity contribution in [2.24, 2.45) is 0 Å². The summed E-state index contributed by atoms with van der Waals surface area (Å²) in [5.41, 5.74) is 1.32. The van der Waals surface area contributed by atoms with Crippen LogP contribution < -0.4 is 15.0 Å². The second-order valence-electron chi connectivity index (χ2n) is 8.53. The molecule has 0 unspecified atom stereocenters. The highest BCUT2D eigenvalue weighted by molar-refractivity contribution is 5.95. The minimum absolute atomic E-state index is 0.0281. The Morgan fingerprint density at radius 2 is 2.04 bits per heavy atom. The largest absolute Gasteiger partial charge is 0.460 e. The highest BCUT2D eigenvalue weighted by Gasteiger charge is 2.41. The van der Waals surface area contributed by atoms with E-state index in [0.29, 0.717) is 17.7 Å². The van der Waals surface area contributed by atoms with E-state index in [1.165, 1.54) is 26.2 Å². The number of nitrogens with zero attached hydrogens (tertiary/aromatic N) is 1. The molecule has 28 heavy (non-hydrogen) atoms. The molecule has 2 aromatic rings. The van der Waals surface area contributed by atoms with E-state index < -0.39 is 12.7 Å². The molecular weight excluding hydrogens is 366 g/mol. The molecule has 0 spiro atoms. The normalized spacial score (nSPS) is 25.0. The SMILES string of the molecule is COCC(F)(F)Oc1ccc(N2CC(C)(C)N[C@@H]3CCCC[C@@H]32)c2ccoc12. The fourth-order valence-electron chi connectivity index (χ4n) is 4.72. The van der Waals surface area contributed by atoms with Gasteiger partial charge in [0.25, 0.3) is 0 Å². The number of ether oxygens (including phenoxy) is 2. The zero-order valence-electron chi connectivity index (χ0n) is 16.6. The third-order valence-corrected chi connectivity index (χ3v) is 5.71. The summed E-state index contributed by atoms with van der Waals surface area (Å²) in [6.07, 6.45) is 2.84. The summed E-state index contributed by atoms with van der Waals surface area (Å²) in [5.74, 6) is 0.0281. The molecule has 1 aromatic carbocycles. The third-order valence-electron chi connectivity index (χ3n) is 5.71. The van der Waals surface area contributed by atoms with E-state index in [2.05, 4.69) is 28.8 Å². The first kappa shape index (κ1) is 19.5. The number of rotatable bonds is 5. The van der Waals surface area contributed by atoms with Crippen LogP contribution in [0.25, 0.3) is 11.0 Å². The Balaban J connectivity index is 1.71. The molecule has 0 bridgehead atoms. The molecule has 1 aliphatic heterocycles. The average molecular weight is 394 g/mol. The van der Waals surface area contributed by atoms with Crippen LogP contribution in [0.3, 0.4) is 0 Å². The highest BCUT2D eigenvalue weighted by atomic mass is 19.3.